The SMILES string of the molecule is CC1(C)CCCC1C(=O)Nc1ccc(C(=O)O)c(O)c1. The summed E-state index contributed by atoms with van der Waals surface area (Å²) in [7, 11) is 0. The predicted molar refractivity (Wildman–Crippen MR) is 74.8 cm³/mol. The number of hydrogen-bond donors (Lipinski definition) is 3. The van der Waals surface area contributed by atoms with E-state index >= 15 is 0 Å². The fourth-order valence-corrected chi connectivity index (χ4v) is 2.83. The molecule has 5 nitrogen and oxygen atoms in total. The number of phenols is 1. The van der Waals surface area contributed by atoms with Crippen molar-refractivity contribution in [1.29, 1.82) is 0 Å². The van der Waals surface area contributed by atoms with Gasteiger partial charge in [-0.05, 0) is 30.4 Å². The molecule has 1 unspecified atom stereocenters. The van der Waals surface area contributed by atoms with Crippen molar-refractivity contribution in [2.45, 2.75) is 33.1 Å². The van der Waals surface area contributed by atoms with Crippen molar-refractivity contribution in [3.05, 3.63) is 23.8 Å². The van der Waals surface area contributed by atoms with Crippen LogP contribution in [0.3, 0.4) is 0 Å². The summed E-state index contributed by atoms with van der Waals surface area (Å²) in [5.74, 6) is -1.67. The molecule has 1 aliphatic carbocycles. The number of amides is 1. The number of rotatable bonds is 3. The zero-order chi connectivity index (χ0) is 14.9. The molecule has 0 bridgehead atoms. The lowest BCUT2D eigenvalue weighted by molar-refractivity contribution is -0.122. The molecule has 0 aliphatic heterocycles. The van der Waals surface area contributed by atoms with Crippen LogP contribution in [0.15, 0.2) is 18.2 Å². The first-order valence-electron chi connectivity index (χ1n) is 6.68. The van der Waals surface area contributed by atoms with E-state index in [4.69, 9.17) is 5.11 Å². The number of benzene rings is 1. The molecule has 0 spiro atoms. The summed E-state index contributed by atoms with van der Waals surface area (Å²) in [5, 5.41) is 21.2. The van der Waals surface area contributed by atoms with Gasteiger partial charge in [-0.3, -0.25) is 4.79 Å². The summed E-state index contributed by atoms with van der Waals surface area (Å²) >= 11 is 0. The smallest absolute Gasteiger partial charge is 0.339 e. The van der Waals surface area contributed by atoms with Gasteiger partial charge in [0.05, 0.1) is 0 Å². The van der Waals surface area contributed by atoms with Gasteiger partial charge in [0.1, 0.15) is 11.3 Å². The van der Waals surface area contributed by atoms with E-state index in [0.29, 0.717) is 5.69 Å². The zero-order valence-corrected chi connectivity index (χ0v) is 11.6. The summed E-state index contributed by atoms with van der Waals surface area (Å²) in [4.78, 5) is 23.1. The lowest BCUT2D eigenvalue weighted by Gasteiger charge is -2.25. The Hall–Kier alpha value is -2.04. The fraction of sp³-hybridized carbons (Fsp3) is 0.467. The third-order valence-corrected chi connectivity index (χ3v) is 4.07. The monoisotopic (exact) mass is 277 g/mol. The number of anilines is 1. The Balaban J connectivity index is 2.12. The van der Waals surface area contributed by atoms with Crippen LogP contribution in [0.5, 0.6) is 5.75 Å². The zero-order valence-electron chi connectivity index (χ0n) is 11.6. The molecule has 1 saturated carbocycles. The van der Waals surface area contributed by atoms with Crippen molar-refractivity contribution in [1.82, 2.24) is 0 Å². The molecule has 3 N–H and O–H groups in total. The second-order valence-electron chi connectivity index (χ2n) is 5.96. The van der Waals surface area contributed by atoms with Gasteiger partial charge in [-0.2, -0.15) is 0 Å². The van der Waals surface area contributed by atoms with Gasteiger partial charge in [-0.25, -0.2) is 4.79 Å². The lowest BCUT2D eigenvalue weighted by atomic mass is 9.81. The molecule has 2 rings (SSSR count). The van der Waals surface area contributed by atoms with Crippen molar-refractivity contribution >= 4 is 17.6 Å². The number of aromatic carboxylic acids is 1. The van der Waals surface area contributed by atoms with Crippen LogP contribution < -0.4 is 5.32 Å². The molecule has 1 atom stereocenters. The highest BCUT2D eigenvalue weighted by Gasteiger charge is 2.39. The maximum Gasteiger partial charge on any atom is 0.339 e. The van der Waals surface area contributed by atoms with E-state index in [9.17, 15) is 14.7 Å². The van der Waals surface area contributed by atoms with E-state index in [1.165, 1.54) is 18.2 Å². The first kappa shape index (κ1) is 14.4. The Bertz CT molecular complexity index is 551. The second-order valence-corrected chi connectivity index (χ2v) is 5.96. The van der Waals surface area contributed by atoms with Crippen LogP contribution in [0.1, 0.15) is 43.5 Å². The normalized spacial score (nSPS) is 20.6. The van der Waals surface area contributed by atoms with E-state index in [1.54, 1.807) is 0 Å². The van der Waals surface area contributed by atoms with Crippen molar-refractivity contribution in [3.8, 4) is 5.75 Å². The third kappa shape index (κ3) is 2.76. The first-order chi connectivity index (χ1) is 9.31. The minimum Gasteiger partial charge on any atom is -0.507 e. The summed E-state index contributed by atoms with van der Waals surface area (Å²) in [5.41, 5.74) is 0.219. The standard InChI is InChI=1S/C15H19NO4/c1-15(2)7-3-4-11(15)13(18)16-9-5-6-10(14(19)20)12(17)8-9/h5-6,8,11,17H,3-4,7H2,1-2H3,(H,16,18)(H,19,20). The number of aromatic hydroxyl groups is 1. The molecule has 1 aliphatic rings. The molecular formula is C15H19NO4. The fourth-order valence-electron chi connectivity index (χ4n) is 2.83. The Morgan fingerprint density at radius 1 is 1.35 bits per heavy atom. The van der Waals surface area contributed by atoms with E-state index < -0.39 is 5.97 Å². The highest BCUT2D eigenvalue weighted by Crippen LogP contribution is 2.43. The topological polar surface area (TPSA) is 86.6 Å². The average Bonchev–Trinajstić information content (AvgIpc) is 2.68. The lowest BCUT2D eigenvalue weighted by Crippen LogP contribution is -2.30. The van der Waals surface area contributed by atoms with Crippen LogP contribution in [-0.2, 0) is 4.79 Å². The first-order valence-corrected chi connectivity index (χ1v) is 6.68. The summed E-state index contributed by atoms with van der Waals surface area (Å²) < 4.78 is 0. The van der Waals surface area contributed by atoms with Crippen molar-refractivity contribution in [2.75, 3.05) is 5.32 Å². The van der Waals surface area contributed by atoms with Gasteiger partial charge in [0.2, 0.25) is 5.91 Å². The Morgan fingerprint density at radius 3 is 2.55 bits per heavy atom. The maximum absolute atomic E-state index is 12.3. The molecule has 0 heterocycles. The van der Waals surface area contributed by atoms with E-state index in [2.05, 4.69) is 19.2 Å². The van der Waals surface area contributed by atoms with Gasteiger partial charge in [0.15, 0.2) is 0 Å². The molecule has 1 aromatic rings. The van der Waals surface area contributed by atoms with Crippen LogP contribution in [-0.4, -0.2) is 22.1 Å². The number of nitrogens with one attached hydrogen (secondary N) is 1. The second kappa shape index (κ2) is 5.15. The van der Waals surface area contributed by atoms with E-state index in [0.717, 1.165) is 19.3 Å². The quantitative estimate of drug-likeness (QED) is 0.793. The average molecular weight is 277 g/mol. The molecular weight excluding hydrogens is 258 g/mol. The molecule has 1 aromatic carbocycles. The molecule has 1 amide bonds. The van der Waals surface area contributed by atoms with E-state index in [-0.39, 0.29) is 28.6 Å². The van der Waals surface area contributed by atoms with Gasteiger partial charge < -0.3 is 15.5 Å². The molecule has 5 heteroatoms. The molecule has 0 radical (unpaired) electrons. The molecule has 20 heavy (non-hydrogen) atoms. The molecule has 0 aromatic heterocycles. The van der Waals surface area contributed by atoms with Crippen LogP contribution in [0.4, 0.5) is 5.69 Å². The molecule has 1 fully saturated rings. The van der Waals surface area contributed by atoms with Crippen LogP contribution in [0.2, 0.25) is 0 Å². The van der Waals surface area contributed by atoms with Crippen LogP contribution >= 0.6 is 0 Å². The van der Waals surface area contributed by atoms with Gasteiger partial charge >= 0.3 is 5.97 Å². The Morgan fingerprint density at radius 2 is 2.05 bits per heavy atom. The summed E-state index contributed by atoms with van der Waals surface area (Å²) in [6.45, 7) is 4.16. The van der Waals surface area contributed by atoms with Crippen LogP contribution in [0.25, 0.3) is 0 Å². The number of hydrogen-bond acceptors (Lipinski definition) is 3. The summed E-state index contributed by atoms with van der Waals surface area (Å²) in [6, 6.07) is 4.04. The van der Waals surface area contributed by atoms with Gasteiger partial charge in [0.25, 0.3) is 0 Å². The van der Waals surface area contributed by atoms with Crippen LogP contribution in [0, 0.1) is 11.3 Å². The van der Waals surface area contributed by atoms with Crippen molar-refractivity contribution < 1.29 is 19.8 Å². The maximum atomic E-state index is 12.3. The minimum absolute atomic E-state index is 0.0207. The largest absolute Gasteiger partial charge is 0.507 e. The van der Waals surface area contributed by atoms with Gasteiger partial charge in [-0.1, -0.05) is 20.3 Å². The number of carboxylic acid groups (broad SMARTS) is 1. The van der Waals surface area contributed by atoms with Crippen molar-refractivity contribution in [2.24, 2.45) is 11.3 Å². The van der Waals surface area contributed by atoms with Crippen molar-refractivity contribution in [3.63, 3.8) is 0 Å². The third-order valence-electron chi connectivity index (χ3n) is 4.07. The highest BCUT2D eigenvalue weighted by atomic mass is 16.4. The molecule has 0 saturated heterocycles. The minimum atomic E-state index is -1.20. The number of carbonyl (C=O) groups is 2. The molecule has 108 valence electrons. The Labute approximate surface area is 117 Å². The van der Waals surface area contributed by atoms with Gasteiger partial charge in [0, 0.05) is 17.7 Å². The summed E-state index contributed by atoms with van der Waals surface area (Å²) in [6.07, 6.45) is 2.92. The predicted octanol–water partition coefficient (Wildman–Crippen LogP) is 2.86. The van der Waals surface area contributed by atoms with Gasteiger partial charge in [-0.15, -0.1) is 0 Å². The Kier molecular flexibility index (Phi) is 3.70. The highest BCUT2D eigenvalue weighted by molar-refractivity contribution is 5.95. The van der Waals surface area contributed by atoms with E-state index in [1.807, 2.05) is 0 Å². The number of carbonyl (C=O) groups excluding carboxylic acids is 1. The number of carboxylic acids is 1.